The average Bonchev–Trinajstić information content (AvgIpc) is 3.25. The summed E-state index contributed by atoms with van der Waals surface area (Å²) >= 11 is 1.66. The maximum absolute atomic E-state index is 5.68. The van der Waals surface area contributed by atoms with E-state index in [-0.39, 0.29) is 6.10 Å². The van der Waals surface area contributed by atoms with Crippen LogP contribution < -0.4 is 0 Å². The van der Waals surface area contributed by atoms with E-state index in [0.717, 1.165) is 48.1 Å². The summed E-state index contributed by atoms with van der Waals surface area (Å²) in [6.07, 6.45) is 2.44. The number of fused-ring (bicyclic) bond motifs is 1. The fourth-order valence-electron chi connectivity index (χ4n) is 3.05. The van der Waals surface area contributed by atoms with Crippen LogP contribution in [0.3, 0.4) is 0 Å². The summed E-state index contributed by atoms with van der Waals surface area (Å²) in [4.78, 5) is 4.60. The van der Waals surface area contributed by atoms with Gasteiger partial charge >= 0.3 is 0 Å². The number of thioether (sulfide) groups is 1. The molecule has 0 unspecified atom stereocenters. The normalized spacial score (nSPS) is 17.6. The van der Waals surface area contributed by atoms with E-state index in [4.69, 9.17) is 4.74 Å². The van der Waals surface area contributed by atoms with E-state index in [2.05, 4.69) is 44.8 Å². The minimum Gasteiger partial charge on any atom is -0.376 e. The minimum absolute atomic E-state index is 0.233. The number of rotatable bonds is 5. The highest BCUT2D eigenvalue weighted by molar-refractivity contribution is 7.98. The van der Waals surface area contributed by atoms with Crippen molar-refractivity contribution >= 4 is 22.7 Å². The first-order valence-corrected chi connectivity index (χ1v) is 9.14. The molecule has 0 amide bonds. The average molecular weight is 341 g/mol. The summed E-state index contributed by atoms with van der Waals surface area (Å²) in [7, 11) is 0. The van der Waals surface area contributed by atoms with E-state index in [1.807, 2.05) is 17.7 Å². The van der Waals surface area contributed by atoms with E-state index in [1.54, 1.807) is 11.8 Å². The molecule has 3 aromatic rings. The lowest BCUT2D eigenvalue weighted by atomic mass is 10.1. The molecule has 124 valence electrons. The summed E-state index contributed by atoms with van der Waals surface area (Å²) in [6, 6.07) is 10.4. The Morgan fingerprint density at radius 2 is 2.25 bits per heavy atom. The highest BCUT2D eigenvalue weighted by atomic mass is 32.2. The number of hydrogen-bond donors (Lipinski definition) is 0. The lowest BCUT2D eigenvalue weighted by Gasteiger charge is -2.11. The predicted molar refractivity (Wildman–Crippen MR) is 92.8 cm³/mol. The van der Waals surface area contributed by atoms with Gasteiger partial charge in [-0.05, 0) is 47.9 Å². The van der Waals surface area contributed by atoms with Gasteiger partial charge in [0.1, 0.15) is 0 Å². The first-order chi connectivity index (χ1) is 11.8. The lowest BCUT2D eigenvalue weighted by Crippen LogP contribution is -2.16. The molecule has 6 nitrogen and oxygen atoms in total. The molecule has 0 spiro atoms. The third kappa shape index (κ3) is 3.27. The van der Waals surface area contributed by atoms with Crippen molar-refractivity contribution in [1.29, 1.82) is 0 Å². The van der Waals surface area contributed by atoms with Crippen molar-refractivity contribution in [2.24, 2.45) is 0 Å². The lowest BCUT2D eigenvalue weighted by molar-refractivity contribution is 0.0912. The van der Waals surface area contributed by atoms with E-state index in [9.17, 15) is 0 Å². The number of ether oxygens (including phenoxy) is 1. The second-order valence-corrected chi connectivity index (χ2v) is 6.95. The SMILES string of the molecule is Cc1cc(CSc2nnnn2C[C@@H]2CCCO2)c2ccccc2n1. The summed E-state index contributed by atoms with van der Waals surface area (Å²) in [6.45, 7) is 3.60. The molecule has 1 aromatic carbocycles. The van der Waals surface area contributed by atoms with Gasteiger partial charge in [-0.15, -0.1) is 5.10 Å². The maximum atomic E-state index is 5.68. The van der Waals surface area contributed by atoms with E-state index < -0.39 is 0 Å². The highest BCUT2D eigenvalue weighted by Gasteiger charge is 2.19. The Kier molecular flexibility index (Phi) is 4.44. The van der Waals surface area contributed by atoms with Crippen molar-refractivity contribution in [1.82, 2.24) is 25.2 Å². The quantitative estimate of drug-likeness (QED) is 0.665. The van der Waals surface area contributed by atoms with Crippen molar-refractivity contribution in [2.45, 2.75) is 43.3 Å². The molecule has 7 heteroatoms. The highest BCUT2D eigenvalue weighted by Crippen LogP contribution is 2.26. The molecule has 1 aliphatic heterocycles. The smallest absolute Gasteiger partial charge is 0.209 e. The number of aryl methyl sites for hydroxylation is 1. The van der Waals surface area contributed by atoms with Gasteiger partial charge in [0.05, 0.1) is 18.2 Å². The molecule has 24 heavy (non-hydrogen) atoms. The Labute approximate surface area is 144 Å². The minimum atomic E-state index is 0.233. The second kappa shape index (κ2) is 6.86. The van der Waals surface area contributed by atoms with Crippen LogP contribution in [0.15, 0.2) is 35.5 Å². The van der Waals surface area contributed by atoms with Gasteiger partial charge in [0.25, 0.3) is 0 Å². The Morgan fingerprint density at radius 1 is 1.33 bits per heavy atom. The largest absolute Gasteiger partial charge is 0.376 e. The van der Waals surface area contributed by atoms with Crippen molar-refractivity contribution in [3.8, 4) is 0 Å². The summed E-state index contributed by atoms with van der Waals surface area (Å²) in [5.74, 6) is 0.815. The third-order valence-corrected chi connectivity index (χ3v) is 5.19. The number of hydrogen-bond acceptors (Lipinski definition) is 6. The van der Waals surface area contributed by atoms with Gasteiger partial charge in [0.15, 0.2) is 0 Å². The molecule has 1 saturated heterocycles. The Morgan fingerprint density at radius 3 is 3.12 bits per heavy atom. The van der Waals surface area contributed by atoms with Gasteiger partial charge in [0.2, 0.25) is 5.16 Å². The number of benzene rings is 1. The molecule has 0 aliphatic carbocycles. The fourth-order valence-corrected chi connectivity index (χ4v) is 3.93. The third-order valence-electron chi connectivity index (χ3n) is 4.19. The molecule has 1 atom stereocenters. The molecule has 0 radical (unpaired) electrons. The number of para-hydroxylation sites is 1. The van der Waals surface area contributed by atoms with Gasteiger partial charge in [-0.1, -0.05) is 30.0 Å². The molecule has 2 aromatic heterocycles. The Balaban J connectivity index is 1.52. The first kappa shape index (κ1) is 15.5. The van der Waals surface area contributed by atoms with Crippen LogP contribution in [0.4, 0.5) is 0 Å². The van der Waals surface area contributed by atoms with E-state index in [0.29, 0.717) is 0 Å². The monoisotopic (exact) mass is 341 g/mol. The predicted octanol–water partition coefficient (Wildman–Crippen LogP) is 3.00. The van der Waals surface area contributed by atoms with Crippen LogP contribution in [-0.2, 0) is 17.0 Å². The van der Waals surface area contributed by atoms with Crippen LogP contribution in [0.1, 0.15) is 24.1 Å². The standard InChI is InChI=1S/C17H19N5OS/c1-12-9-13(15-6-2-3-7-16(15)18-12)11-24-17-19-20-21-22(17)10-14-5-4-8-23-14/h2-3,6-7,9,14H,4-5,8,10-11H2,1H3/t14-/m0/s1. The molecule has 1 fully saturated rings. The number of aromatic nitrogens is 5. The van der Waals surface area contributed by atoms with Crippen LogP contribution in [-0.4, -0.2) is 37.9 Å². The van der Waals surface area contributed by atoms with Crippen molar-refractivity contribution in [3.05, 3.63) is 41.6 Å². The van der Waals surface area contributed by atoms with E-state index in [1.165, 1.54) is 10.9 Å². The molecular formula is C17H19N5OS. The summed E-state index contributed by atoms with van der Waals surface area (Å²) in [5.41, 5.74) is 3.32. The molecule has 3 heterocycles. The number of nitrogens with zero attached hydrogens (tertiary/aromatic N) is 5. The maximum Gasteiger partial charge on any atom is 0.209 e. The molecule has 0 N–H and O–H groups in total. The fraction of sp³-hybridized carbons (Fsp3) is 0.412. The number of tetrazole rings is 1. The zero-order valence-corrected chi connectivity index (χ0v) is 14.4. The molecule has 0 saturated carbocycles. The van der Waals surface area contributed by atoms with Crippen LogP contribution in [0.5, 0.6) is 0 Å². The zero-order chi connectivity index (χ0) is 16.4. The van der Waals surface area contributed by atoms with Crippen LogP contribution in [0.2, 0.25) is 0 Å². The van der Waals surface area contributed by atoms with Crippen LogP contribution in [0.25, 0.3) is 10.9 Å². The topological polar surface area (TPSA) is 65.7 Å². The van der Waals surface area contributed by atoms with Crippen LogP contribution in [0, 0.1) is 6.92 Å². The number of pyridine rings is 1. The molecule has 1 aliphatic rings. The van der Waals surface area contributed by atoms with Crippen molar-refractivity contribution in [3.63, 3.8) is 0 Å². The second-order valence-electron chi connectivity index (χ2n) is 6.01. The van der Waals surface area contributed by atoms with Crippen LogP contribution >= 0.6 is 11.8 Å². The van der Waals surface area contributed by atoms with E-state index >= 15 is 0 Å². The molecule has 0 bridgehead atoms. The van der Waals surface area contributed by atoms with Crippen molar-refractivity contribution < 1.29 is 4.74 Å². The first-order valence-electron chi connectivity index (χ1n) is 8.15. The summed E-state index contributed by atoms with van der Waals surface area (Å²) < 4.78 is 7.54. The Hall–Kier alpha value is -1.99. The Bertz CT molecular complexity index is 844. The molecular weight excluding hydrogens is 322 g/mol. The molecule has 4 rings (SSSR count). The zero-order valence-electron chi connectivity index (χ0n) is 13.6. The van der Waals surface area contributed by atoms with Gasteiger partial charge in [-0.2, -0.15) is 0 Å². The van der Waals surface area contributed by atoms with Gasteiger partial charge in [0, 0.05) is 23.4 Å². The van der Waals surface area contributed by atoms with Crippen molar-refractivity contribution in [2.75, 3.05) is 6.61 Å². The van der Waals surface area contributed by atoms with Gasteiger partial charge < -0.3 is 4.74 Å². The van der Waals surface area contributed by atoms with Gasteiger partial charge in [-0.25, -0.2) is 4.68 Å². The van der Waals surface area contributed by atoms with Gasteiger partial charge in [-0.3, -0.25) is 4.98 Å². The summed E-state index contributed by atoms with van der Waals surface area (Å²) in [5, 5.41) is 14.1.